The van der Waals surface area contributed by atoms with E-state index in [1.54, 1.807) is 4.31 Å². The van der Waals surface area contributed by atoms with Crippen LogP contribution in [0, 0.1) is 0 Å². The summed E-state index contributed by atoms with van der Waals surface area (Å²) < 4.78 is 21.0. The molecule has 1 heterocycles. The number of hydrogen-bond acceptors (Lipinski definition) is 2. The quantitative estimate of drug-likeness (QED) is 0.667. The monoisotopic (exact) mass is 195 g/mol. The minimum Gasteiger partial charge on any atom is -0.294 e. The van der Waals surface area contributed by atoms with Crippen LogP contribution in [-0.4, -0.2) is 37.2 Å². The lowest BCUT2D eigenvalue weighted by Crippen LogP contribution is -2.38. The van der Waals surface area contributed by atoms with Crippen molar-refractivity contribution < 1.29 is 8.76 Å². The Balaban J connectivity index is 2.39. The summed E-state index contributed by atoms with van der Waals surface area (Å²) in [5.41, 5.74) is 0. The lowest BCUT2D eigenvalue weighted by Gasteiger charge is -2.28. The summed E-state index contributed by atoms with van der Waals surface area (Å²) in [5, 5.41) is 0.542. The van der Waals surface area contributed by atoms with E-state index in [0.29, 0.717) is 5.25 Å². The minimum atomic E-state index is -1.75. The van der Waals surface area contributed by atoms with Crippen LogP contribution in [0.25, 0.3) is 0 Å². The SMILES string of the molecule is CCC1CN(S(=O)O)CCS1. The first kappa shape index (κ1) is 9.51. The maximum Gasteiger partial charge on any atom is 0.234 e. The Morgan fingerprint density at radius 2 is 2.55 bits per heavy atom. The Morgan fingerprint density at radius 1 is 1.82 bits per heavy atom. The molecule has 1 fully saturated rings. The molecule has 66 valence electrons. The summed E-state index contributed by atoms with van der Waals surface area (Å²) >= 11 is 0.143. The molecule has 3 nitrogen and oxygen atoms in total. The van der Waals surface area contributed by atoms with Gasteiger partial charge in [0.15, 0.2) is 0 Å². The van der Waals surface area contributed by atoms with E-state index in [1.165, 1.54) is 0 Å². The zero-order valence-corrected chi connectivity index (χ0v) is 8.16. The van der Waals surface area contributed by atoms with E-state index >= 15 is 0 Å². The van der Waals surface area contributed by atoms with Crippen molar-refractivity contribution in [3.8, 4) is 0 Å². The third kappa shape index (κ3) is 2.74. The van der Waals surface area contributed by atoms with Crippen LogP contribution in [0.1, 0.15) is 13.3 Å². The van der Waals surface area contributed by atoms with Gasteiger partial charge in [-0.1, -0.05) is 6.92 Å². The number of nitrogens with zero attached hydrogens (tertiary/aromatic N) is 1. The summed E-state index contributed by atoms with van der Waals surface area (Å²) in [5.74, 6) is 0.977. The van der Waals surface area contributed by atoms with Gasteiger partial charge in [-0.15, -0.1) is 0 Å². The van der Waals surface area contributed by atoms with Crippen molar-refractivity contribution in [2.24, 2.45) is 0 Å². The van der Waals surface area contributed by atoms with E-state index in [4.69, 9.17) is 4.55 Å². The lowest BCUT2D eigenvalue weighted by atomic mass is 10.3. The summed E-state index contributed by atoms with van der Waals surface area (Å²) in [6.45, 7) is 3.61. The van der Waals surface area contributed by atoms with Crippen LogP contribution in [0.2, 0.25) is 0 Å². The molecule has 0 aromatic heterocycles. The fraction of sp³-hybridized carbons (Fsp3) is 1.00. The van der Waals surface area contributed by atoms with E-state index in [-0.39, 0.29) is 0 Å². The molecule has 0 saturated carbocycles. The molecule has 1 rings (SSSR count). The first-order valence-corrected chi connectivity index (χ1v) is 5.82. The number of thioether (sulfide) groups is 1. The summed E-state index contributed by atoms with van der Waals surface area (Å²) in [6.07, 6.45) is 1.08. The molecule has 1 aliphatic rings. The first-order chi connectivity index (χ1) is 5.24. The van der Waals surface area contributed by atoms with E-state index in [9.17, 15) is 4.21 Å². The van der Waals surface area contributed by atoms with E-state index in [2.05, 4.69) is 6.92 Å². The van der Waals surface area contributed by atoms with E-state index < -0.39 is 11.3 Å². The third-order valence-electron chi connectivity index (χ3n) is 1.78. The first-order valence-electron chi connectivity index (χ1n) is 3.71. The molecule has 0 radical (unpaired) electrons. The number of hydrogen-bond donors (Lipinski definition) is 1. The Bertz CT molecular complexity index is 154. The molecule has 0 aliphatic carbocycles. The predicted octanol–water partition coefficient (Wildman–Crippen LogP) is 0.951. The zero-order chi connectivity index (χ0) is 8.27. The average molecular weight is 195 g/mol. The Morgan fingerprint density at radius 3 is 3.09 bits per heavy atom. The Kier molecular flexibility index (Phi) is 3.84. The highest BCUT2D eigenvalue weighted by molar-refractivity contribution is 8.00. The van der Waals surface area contributed by atoms with Gasteiger partial charge in [0.05, 0.1) is 0 Å². The van der Waals surface area contributed by atoms with Gasteiger partial charge in [-0.3, -0.25) is 4.55 Å². The Hall–Kier alpha value is 0.420. The van der Waals surface area contributed by atoms with Crippen LogP contribution < -0.4 is 0 Å². The third-order valence-corrected chi connectivity index (χ3v) is 3.92. The topological polar surface area (TPSA) is 40.5 Å². The molecule has 11 heavy (non-hydrogen) atoms. The lowest BCUT2D eigenvalue weighted by molar-refractivity contribution is 0.401. The molecule has 2 atom stereocenters. The van der Waals surface area contributed by atoms with E-state index in [1.807, 2.05) is 11.8 Å². The van der Waals surface area contributed by atoms with Gasteiger partial charge in [0.1, 0.15) is 0 Å². The van der Waals surface area contributed by atoms with Crippen LogP contribution in [0.3, 0.4) is 0 Å². The predicted molar refractivity (Wildman–Crippen MR) is 48.9 cm³/mol. The Labute approximate surface area is 74.0 Å². The minimum absolute atomic E-state index is 0.542. The molecule has 1 aliphatic heterocycles. The molecule has 1 saturated heterocycles. The van der Waals surface area contributed by atoms with Crippen LogP contribution in [0.5, 0.6) is 0 Å². The maximum absolute atomic E-state index is 10.6. The van der Waals surface area contributed by atoms with Crippen molar-refractivity contribution in [2.45, 2.75) is 18.6 Å². The molecule has 0 bridgehead atoms. The largest absolute Gasteiger partial charge is 0.294 e. The molecule has 0 amide bonds. The molecule has 1 N–H and O–H groups in total. The van der Waals surface area contributed by atoms with Gasteiger partial charge >= 0.3 is 0 Å². The molecule has 2 unspecified atom stereocenters. The summed E-state index contributed by atoms with van der Waals surface area (Å²) in [4.78, 5) is 0. The van der Waals surface area contributed by atoms with Crippen LogP contribution in [-0.2, 0) is 11.3 Å². The van der Waals surface area contributed by atoms with Gasteiger partial charge in [0.25, 0.3) is 0 Å². The second-order valence-electron chi connectivity index (χ2n) is 2.52. The summed E-state index contributed by atoms with van der Waals surface area (Å²) in [6, 6.07) is 0. The number of rotatable bonds is 2. The molecule has 5 heteroatoms. The van der Waals surface area contributed by atoms with Crippen LogP contribution in [0.4, 0.5) is 0 Å². The maximum atomic E-state index is 10.6. The van der Waals surface area contributed by atoms with Crippen molar-refractivity contribution >= 4 is 23.0 Å². The van der Waals surface area contributed by atoms with Gasteiger partial charge < -0.3 is 0 Å². The highest BCUT2D eigenvalue weighted by atomic mass is 32.2. The van der Waals surface area contributed by atoms with Crippen molar-refractivity contribution in [1.29, 1.82) is 0 Å². The molecular weight excluding hydrogens is 182 g/mol. The molecule has 0 aromatic rings. The molecular formula is C6H13NO2S2. The normalized spacial score (nSPS) is 30.2. The zero-order valence-electron chi connectivity index (χ0n) is 6.52. The van der Waals surface area contributed by atoms with Gasteiger partial charge in [0, 0.05) is 24.1 Å². The average Bonchev–Trinajstić information content (AvgIpc) is 2.05. The highest BCUT2D eigenvalue weighted by Gasteiger charge is 2.21. The van der Waals surface area contributed by atoms with Crippen molar-refractivity contribution in [3.05, 3.63) is 0 Å². The standard InChI is InChI=1S/C6H13NO2S2/c1-2-6-5-7(11(8)9)3-4-10-6/h6H,2-5H2,1H3,(H,8,9). The second-order valence-corrected chi connectivity index (χ2v) is 4.91. The summed E-state index contributed by atoms with van der Waals surface area (Å²) in [7, 11) is 0. The van der Waals surface area contributed by atoms with Crippen molar-refractivity contribution in [1.82, 2.24) is 4.31 Å². The van der Waals surface area contributed by atoms with Crippen LogP contribution in [0.15, 0.2) is 0 Å². The molecule has 0 aromatic carbocycles. The van der Waals surface area contributed by atoms with Crippen molar-refractivity contribution in [2.75, 3.05) is 18.8 Å². The van der Waals surface area contributed by atoms with Crippen molar-refractivity contribution in [3.63, 3.8) is 0 Å². The van der Waals surface area contributed by atoms with Gasteiger partial charge in [-0.05, 0) is 6.42 Å². The van der Waals surface area contributed by atoms with Gasteiger partial charge in [0.2, 0.25) is 11.3 Å². The van der Waals surface area contributed by atoms with Gasteiger partial charge in [-0.25, -0.2) is 4.21 Å². The smallest absolute Gasteiger partial charge is 0.234 e. The fourth-order valence-electron chi connectivity index (χ4n) is 1.08. The van der Waals surface area contributed by atoms with E-state index in [0.717, 1.165) is 25.3 Å². The second kappa shape index (κ2) is 4.45. The van der Waals surface area contributed by atoms with Gasteiger partial charge in [-0.2, -0.15) is 16.1 Å². The molecule has 0 spiro atoms. The highest BCUT2D eigenvalue weighted by Crippen LogP contribution is 2.21. The fourth-order valence-corrected chi connectivity index (χ4v) is 3.03. The van der Waals surface area contributed by atoms with Crippen LogP contribution >= 0.6 is 11.8 Å².